The monoisotopic (exact) mass is 366 g/mol. The molecular weight excluding hydrogens is 353 g/mol. The smallest absolute Gasteiger partial charge is 0.259 e. The second kappa shape index (κ2) is 5.92. The van der Waals surface area contributed by atoms with Crippen LogP contribution in [0.2, 0.25) is 0 Å². The van der Waals surface area contributed by atoms with Crippen molar-refractivity contribution < 1.29 is 13.6 Å². The van der Waals surface area contributed by atoms with Gasteiger partial charge >= 0.3 is 0 Å². The Labute approximate surface area is 118 Å². The number of amides is 1. The van der Waals surface area contributed by atoms with Crippen molar-refractivity contribution in [1.82, 2.24) is 10.2 Å². The van der Waals surface area contributed by atoms with E-state index in [0.29, 0.717) is 18.7 Å². The second-order valence-corrected chi connectivity index (χ2v) is 5.36. The number of carbonyl (C=O) groups is 1. The van der Waals surface area contributed by atoms with E-state index in [1.165, 1.54) is 4.90 Å². The van der Waals surface area contributed by atoms with Gasteiger partial charge in [-0.2, -0.15) is 0 Å². The lowest BCUT2D eigenvalue weighted by Gasteiger charge is -2.35. The predicted molar refractivity (Wildman–Crippen MR) is 72.9 cm³/mol. The van der Waals surface area contributed by atoms with E-state index in [0.717, 1.165) is 3.57 Å². The Morgan fingerprint density at radius 2 is 2.06 bits per heavy atom. The summed E-state index contributed by atoms with van der Waals surface area (Å²) in [6.07, 6.45) is -2.52. The zero-order valence-corrected chi connectivity index (χ0v) is 11.7. The van der Waals surface area contributed by atoms with E-state index in [9.17, 15) is 13.6 Å². The van der Waals surface area contributed by atoms with Crippen molar-refractivity contribution in [3.8, 4) is 0 Å². The number of alkyl halides is 2. The molecule has 0 saturated carbocycles. The van der Waals surface area contributed by atoms with Gasteiger partial charge in [-0.05, 0) is 46.9 Å². The fourth-order valence-electron chi connectivity index (χ4n) is 1.96. The van der Waals surface area contributed by atoms with Crippen molar-refractivity contribution in [3.63, 3.8) is 0 Å². The Hall–Kier alpha value is -0.760. The molecule has 1 aliphatic rings. The van der Waals surface area contributed by atoms with Crippen LogP contribution in [-0.4, -0.2) is 42.9 Å². The summed E-state index contributed by atoms with van der Waals surface area (Å²) in [5.41, 5.74) is 0.461. The van der Waals surface area contributed by atoms with Crippen LogP contribution in [0.15, 0.2) is 24.3 Å². The van der Waals surface area contributed by atoms with Gasteiger partial charge in [-0.15, -0.1) is 0 Å². The molecule has 6 heteroatoms. The quantitative estimate of drug-likeness (QED) is 0.812. The van der Waals surface area contributed by atoms with Gasteiger partial charge in [0.15, 0.2) is 0 Å². The molecule has 1 aromatic rings. The minimum atomic E-state index is -2.52. The molecule has 98 valence electrons. The van der Waals surface area contributed by atoms with Crippen LogP contribution in [0.4, 0.5) is 8.78 Å². The molecule has 3 nitrogen and oxygen atoms in total. The van der Waals surface area contributed by atoms with Crippen molar-refractivity contribution in [2.75, 3.05) is 19.6 Å². The van der Waals surface area contributed by atoms with Crippen LogP contribution < -0.4 is 5.32 Å². The molecule has 1 heterocycles. The first kappa shape index (κ1) is 13.7. The summed E-state index contributed by atoms with van der Waals surface area (Å²) in [7, 11) is 0. The maximum Gasteiger partial charge on any atom is 0.259 e. The molecule has 0 aromatic heterocycles. The molecule has 0 bridgehead atoms. The Balaban J connectivity index is 2.18. The van der Waals surface area contributed by atoms with Crippen LogP contribution >= 0.6 is 22.6 Å². The number of halogens is 3. The van der Waals surface area contributed by atoms with Gasteiger partial charge in [-0.3, -0.25) is 4.79 Å². The average Bonchev–Trinajstić information content (AvgIpc) is 2.39. The van der Waals surface area contributed by atoms with Crippen LogP contribution in [0.1, 0.15) is 10.4 Å². The van der Waals surface area contributed by atoms with Gasteiger partial charge in [0.25, 0.3) is 12.3 Å². The van der Waals surface area contributed by atoms with Crippen LogP contribution in [-0.2, 0) is 0 Å². The number of nitrogens with zero attached hydrogens (tertiary/aromatic N) is 1. The molecular formula is C12H13F2IN2O. The Bertz CT molecular complexity index is 425. The Morgan fingerprint density at radius 1 is 1.39 bits per heavy atom. The summed E-state index contributed by atoms with van der Waals surface area (Å²) in [6.45, 7) is 1.02. The molecule has 0 spiro atoms. The number of nitrogens with one attached hydrogen (secondary N) is 1. The largest absolute Gasteiger partial charge is 0.327 e. The Kier molecular flexibility index (Phi) is 4.50. The predicted octanol–water partition coefficient (Wildman–Crippen LogP) is 1.97. The van der Waals surface area contributed by atoms with Crippen LogP contribution in [0.3, 0.4) is 0 Å². The highest BCUT2D eigenvalue weighted by molar-refractivity contribution is 14.1. The first-order valence-electron chi connectivity index (χ1n) is 5.65. The minimum Gasteiger partial charge on any atom is -0.327 e. The maximum atomic E-state index is 12.9. The molecule has 0 radical (unpaired) electrons. The van der Waals surface area contributed by atoms with Gasteiger partial charge in [0.1, 0.15) is 6.04 Å². The summed E-state index contributed by atoms with van der Waals surface area (Å²) in [5.74, 6) is -0.321. The van der Waals surface area contributed by atoms with Crippen molar-refractivity contribution in [2.24, 2.45) is 0 Å². The van der Waals surface area contributed by atoms with Gasteiger partial charge < -0.3 is 10.2 Å². The summed E-state index contributed by atoms with van der Waals surface area (Å²) >= 11 is 2.13. The molecule has 1 fully saturated rings. The number of rotatable bonds is 2. The second-order valence-electron chi connectivity index (χ2n) is 4.11. The molecule has 1 atom stereocenters. The van der Waals surface area contributed by atoms with Crippen molar-refractivity contribution in [2.45, 2.75) is 12.5 Å². The van der Waals surface area contributed by atoms with Gasteiger partial charge in [0.2, 0.25) is 0 Å². The molecule has 0 aliphatic carbocycles. The fraction of sp³-hybridized carbons (Fsp3) is 0.417. The highest BCUT2D eigenvalue weighted by Crippen LogP contribution is 2.16. The normalized spacial score (nSPS) is 20.2. The number of benzene rings is 1. The van der Waals surface area contributed by atoms with Crippen molar-refractivity contribution >= 4 is 28.5 Å². The molecule has 1 unspecified atom stereocenters. The summed E-state index contributed by atoms with van der Waals surface area (Å²) < 4.78 is 26.8. The molecule has 1 saturated heterocycles. The molecule has 2 rings (SSSR count). The lowest BCUT2D eigenvalue weighted by Crippen LogP contribution is -2.56. The summed E-state index contributed by atoms with van der Waals surface area (Å²) in [6, 6.07) is 5.91. The molecule has 18 heavy (non-hydrogen) atoms. The number of hydrogen-bond donors (Lipinski definition) is 1. The summed E-state index contributed by atoms with van der Waals surface area (Å²) in [4.78, 5) is 13.5. The third-order valence-corrected chi connectivity index (χ3v) is 3.65. The van der Waals surface area contributed by atoms with E-state index in [1.807, 2.05) is 0 Å². The fourth-order valence-corrected chi connectivity index (χ4v) is 2.32. The number of piperazine rings is 1. The van der Waals surface area contributed by atoms with E-state index < -0.39 is 12.5 Å². The van der Waals surface area contributed by atoms with E-state index in [4.69, 9.17) is 0 Å². The Morgan fingerprint density at radius 3 is 2.67 bits per heavy atom. The SMILES string of the molecule is O=C(c1ccc(I)cc1)N1CCNCC1C(F)F. The van der Waals surface area contributed by atoms with Crippen molar-refractivity contribution in [1.29, 1.82) is 0 Å². The third kappa shape index (κ3) is 2.97. The zero-order valence-electron chi connectivity index (χ0n) is 9.57. The van der Waals surface area contributed by atoms with Crippen LogP contribution in [0.25, 0.3) is 0 Å². The number of carbonyl (C=O) groups excluding carboxylic acids is 1. The van der Waals surface area contributed by atoms with Gasteiger partial charge in [0, 0.05) is 28.8 Å². The van der Waals surface area contributed by atoms with Crippen LogP contribution in [0, 0.1) is 3.57 Å². The topological polar surface area (TPSA) is 32.3 Å². The van der Waals surface area contributed by atoms with Gasteiger partial charge in [-0.1, -0.05) is 0 Å². The lowest BCUT2D eigenvalue weighted by molar-refractivity contribution is 0.0126. The van der Waals surface area contributed by atoms with Gasteiger partial charge in [-0.25, -0.2) is 8.78 Å². The van der Waals surface area contributed by atoms with Crippen LogP contribution in [0.5, 0.6) is 0 Å². The van der Waals surface area contributed by atoms with Gasteiger partial charge in [0.05, 0.1) is 0 Å². The first-order valence-corrected chi connectivity index (χ1v) is 6.73. The lowest BCUT2D eigenvalue weighted by atomic mass is 10.1. The molecule has 1 amide bonds. The number of hydrogen-bond acceptors (Lipinski definition) is 2. The highest BCUT2D eigenvalue weighted by Gasteiger charge is 2.33. The zero-order chi connectivity index (χ0) is 13.1. The van der Waals surface area contributed by atoms with E-state index >= 15 is 0 Å². The third-order valence-electron chi connectivity index (χ3n) is 2.93. The average molecular weight is 366 g/mol. The molecule has 1 N–H and O–H groups in total. The van der Waals surface area contributed by atoms with E-state index in [-0.39, 0.29) is 12.5 Å². The van der Waals surface area contributed by atoms with E-state index in [2.05, 4.69) is 27.9 Å². The maximum absolute atomic E-state index is 12.9. The molecule has 1 aliphatic heterocycles. The van der Waals surface area contributed by atoms with E-state index in [1.54, 1.807) is 24.3 Å². The molecule has 1 aromatic carbocycles. The highest BCUT2D eigenvalue weighted by atomic mass is 127. The minimum absolute atomic E-state index is 0.147. The standard InChI is InChI=1S/C12H13F2IN2O/c13-11(14)10-7-16-5-6-17(10)12(18)8-1-3-9(15)4-2-8/h1-4,10-11,16H,5-7H2. The van der Waals surface area contributed by atoms with Crippen molar-refractivity contribution in [3.05, 3.63) is 33.4 Å². The summed E-state index contributed by atoms with van der Waals surface area (Å²) in [5, 5.41) is 2.89. The first-order chi connectivity index (χ1) is 8.59.